The average molecular weight is 311 g/mol. The van der Waals surface area contributed by atoms with Gasteiger partial charge in [-0.3, -0.25) is 0 Å². The van der Waals surface area contributed by atoms with Crippen LogP contribution in [0.3, 0.4) is 0 Å². The number of nitrogens with zero attached hydrogens (tertiary/aromatic N) is 1. The van der Waals surface area contributed by atoms with Gasteiger partial charge in [-0.2, -0.15) is 0 Å². The number of pyridine rings is 1. The van der Waals surface area contributed by atoms with Crippen molar-refractivity contribution in [1.29, 1.82) is 0 Å². The topological polar surface area (TPSA) is 71.1 Å². The smallest absolute Gasteiger partial charge is 0.258 e. The number of nitrogens with one attached hydrogen (secondary N) is 2. The van der Waals surface area contributed by atoms with Gasteiger partial charge >= 0.3 is 0 Å². The number of thiophene rings is 1. The van der Waals surface area contributed by atoms with Crippen molar-refractivity contribution in [2.24, 2.45) is 0 Å². The summed E-state index contributed by atoms with van der Waals surface area (Å²) in [6.45, 7) is 3.86. The van der Waals surface area contributed by atoms with Crippen molar-refractivity contribution in [3.05, 3.63) is 46.3 Å². The van der Waals surface area contributed by atoms with E-state index in [9.17, 15) is 8.42 Å². The summed E-state index contributed by atoms with van der Waals surface area (Å²) >= 11 is 1.51. The van der Waals surface area contributed by atoms with Crippen LogP contribution in [0, 0.1) is 0 Å². The van der Waals surface area contributed by atoms with Crippen LogP contribution in [0.1, 0.15) is 17.4 Å². The molecule has 0 saturated carbocycles. The van der Waals surface area contributed by atoms with Crippen molar-refractivity contribution in [2.75, 3.05) is 6.54 Å². The lowest BCUT2D eigenvalue weighted by Gasteiger charge is -2.06. The van der Waals surface area contributed by atoms with Crippen LogP contribution >= 0.6 is 11.3 Å². The Balaban J connectivity index is 2.01. The molecular formula is C13H17N3O2S2. The Kier molecular flexibility index (Phi) is 5.24. The molecule has 2 aromatic heterocycles. The number of aromatic nitrogens is 1. The minimum atomic E-state index is -3.55. The molecule has 2 N–H and O–H groups in total. The minimum absolute atomic E-state index is 0.0503. The fourth-order valence-electron chi connectivity index (χ4n) is 1.60. The van der Waals surface area contributed by atoms with Crippen molar-refractivity contribution in [3.8, 4) is 0 Å². The standard InChI is InChI=1S/C13H17N3O2S2/c1-2-14-8-11-5-6-13(15-9-11)20(17,18)16-10-12-4-3-7-19-12/h3-7,9,14,16H,2,8,10H2,1H3. The Morgan fingerprint density at radius 2 is 2.10 bits per heavy atom. The van der Waals surface area contributed by atoms with Gasteiger partial charge in [0.1, 0.15) is 0 Å². The molecule has 0 aromatic carbocycles. The first-order chi connectivity index (χ1) is 9.62. The second-order valence-electron chi connectivity index (χ2n) is 4.19. The van der Waals surface area contributed by atoms with Crippen LogP contribution in [0.5, 0.6) is 0 Å². The predicted molar refractivity (Wildman–Crippen MR) is 80.0 cm³/mol. The molecule has 7 heteroatoms. The van der Waals surface area contributed by atoms with Gasteiger partial charge in [-0.25, -0.2) is 18.1 Å². The molecule has 0 unspecified atom stereocenters. The predicted octanol–water partition coefficient (Wildman–Crippen LogP) is 1.73. The summed E-state index contributed by atoms with van der Waals surface area (Å²) in [6, 6.07) is 7.08. The van der Waals surface area contributed by atoms with Crippen LogP contribution < -0.4 is 10.0 Å². The quantitative estimate of drug-likeness (QED) is 0.817. The summed E-state index contributed by atoms with van der Waals surface area (Å²) in [6.07, 6.45) is 1.59. The van der Waals surface area contributed by atoms with Crippen molar-refractivity contribution >= 4 is 21.4 Å². The highest BCUT2D eigenvalue weighted by molar-refractivity contribution is 7.89. The highest BCUT2D eigenvalue weighted by Gasteiger charge is 2.15. The zero-order chi connectivity index (χ0) is 14.4. The van der Waals surface area contributed by atoms with E-state index in [0.717, 1.165) is 17.0 Å². The molecule has 0 radical (unpaired) electrons. The fourth-order valence-corrected chi connectivity index (χ4v) is 3.27. The SMILES string of the molecule is CCNCc1ccc(S(=O)(=O)NCc2cccs2)nc1. The molecule has 0 bridgehead atoms. The highest BCUT2D eigenvalue weighted by atomic mass is 32.2. The molecule has 0 amide bonds. The third kappa shape index (κ3) is 4.11. The molecular weight excluding hydrogens is 294 g/mol. The molecule has 0 saturated heterocycles. The molecule has 0 fully saturated rings. The summed E-state index contributed by atoms with van der Waals surface area (Å²) < 4.78 is 26.7. The highest BCUT2D eigenvalue weighted by Crippen LogP contribution is 2.11. The molecule has 0 aliphatic carbocycles. The molecule has 0 aliphatic heterocycles. The van der Waals surface area contributed by atoms with E-state index in [1.54, 1.807) is 12.3 Å². The molecule has 0 spiro atoms. The molecule has 2 heterocycles. The van der Waals surface area contributed by atoms with Crippen molar-refractivity contribution in [3.63, 3.8) is 0 Å². The van der Waals surface area contributed by atoms with Gasteiger partial charge in [0.05, 0.1) is 0 Å². The Morgan fingerprint density at radius 3 is 2.70 bits per heavy atom. The van der Waals surface area contributed by atoms with Gasteiger partial charge < -0.3 is 5.32 Å². The average Bonchev–Trinajstić information content (AvgIpc) is 2.97. The third-order valence-electron chi connectivity index (χ3n) is 2.67. The molecule has 0 aliphatic rings. The molecule has 2 rings (SSSR count). The van der Waals surface area contributed by atoms with Gasteiger partial charge in [-0.1, -0.05) is 19.1 Å². The van der Waals surface area contributed by atoms with Crippen LogP contribution in [0.4, 0.5) is 0 Å². The van der Waals surface area contributed by atoms with Crippen LogP contribution in [0.2, 0.25) is 0 Å². The lowest BCUT2D eigenvalue weighted by atomic mass is 10.3. The van der Waals surface area contributed by atoms with E-state index in [-0.39, 0.29) is 5.03 Å². The van der Waals surface area contributed by atoms with Crippen LogP contribution in [-0.4, -0.2) is 19.9 Å². The van der Waals surface area contributed by atoms with Gasteiger partial charge in [0, 0.05) is 24.2 Å². The molecule has 2 aromatic rings. The number of rotatable bonds is 7. The monoisotopic (exact) mass is 311 g/mol. The summed E-state index contributed by atoms with van der Waals surface area (Å²) in [5.74, 6) is 0. The largest absolute Gasteiger partial charge is 0.313 e. The van der Waals surface area contributed by atoms with Gasteiger partial charge in [0.15, 0.2) is 5.03 Å². The maximum absolute atomic E-state index is 12.1. The Morgan fingerprint density at radius 1 is 1.25 bits per heavy atom. The van der Waals surface area contributed by atoms with Gasteiger partial charge in [-0.15, -0.1) is 11.3 Å². The van der Waals surface area contributed by atoms with Crippen molar-refractivity contribution in [2.45, 2.75) is 25.0 Å². The maximum atomic E-state index is 12.1. The van der Waals surface area contributed by atoms with E-state index in [4.69, 9.17) is 0 Å². The summed E-state index contributed by atoms with van der Waals surface area (Å²) in [4.78, 5) is 4.99. The van der Waals surface area contributed by atoms with Crippen LogP contribution in [0.15, 0.2) is 40.9 Å². The van der Waals surface area contributed by atoms with E-state index >= 15 is 0 Å². The van der Waals surface area contributed by atoms with Crippen LogP contribution in [0.25, 0.3) is 0 Å². The van der Waals surface area contributed by atoms with E-state index in [1.807, 2.05) is 24.4 Å². The third-order valence-corrected chi connectivity index (χ3v) is 4.86. The number of hydrogen-bond acceptors (Lipinski definition) is 5. The van der Waals surface area contributed by atoms with Crippen molar-refractivity contribution < 1.29 is 8.42 Å². The van der Waals surface area contributed by atoms with Gasteiger partial charge in [0.2, 0.25) is 0 Å². The first-order valence-electron chi connectivity index (χ1n) is 6.29. The molecule has 20 heavy (non-hydrogen) atoms. The number of sulfonamides is 1. The molecule has 5 nitrogen and oxygen atoms in total. The Hall–Kier alpha value is -1.28. The summed E-state index contributed by atoms with van der Waals surface area (Å²) in [5, 5.41) is 5.13. The molecule has 0 atom stereocenters. The maximum Gasteiger partial charge on any atom is 0.258 e. The Bertz CT molecular complexity index is 622. The van der Waals surface area contributed by atoms with Gasteiger partial charge in [-0.05, 0) is 29.6 Å². The zero-order valence-corrected chi connectivity index (χ0v) is 12.8. The number of hydrogen-bond donors (Lipinski definition) is 2. The lowest BCUT2D eigenvalue weighted by Crippen LogP contribution is -2.23. The van der Waals surface area contributed by atoms with E-state index < -0.39 is 10.0 Å². The second kappa shape index (κ2) is 6.94. The zero-order valence-electron chi connectivity index (χ0n) is 11.2. The fraction of sp³-hybridized carbons (Fsp3) is 0.308. The second-order valence-corrected chi connectivity index (χ2v) is 6.93. The van der Waals surface area contributed by atoms with E-state index in [0.29, 0.717) is 13.1 Å². The minimum Gasteiger partial charge on any atom is -0.313 e. The molecule has 108 valence electrons. The Labute approximate surface area is 123 Å². The van der Waals surface area contributed by atoms with Crippen molar-refractivity contribution in [1.82, 2.24) is 15.0 Å². The lowest BCUT2D eigenvalue weighted by molar-refractivity contribution is 0.577. The summed E-state index contributed by atoms with van der Waals surface area (Å²) in [5.41, 5.74) is 0.962. The van der Waals surface area contributed by atoms with E-state index in [1.165, 1.54) is 17.4 Å². The van der Waals surface area contributed by atoms with E-state index in [2.05, 4.69) is 15.0 Å². The van der Waals surface area contributed by atoms with Gasteiger partial charge in [0.25, 0.3) is 10.0 Å². The normalized spacial score (nSPS) is 11.7. The first-order valence-corrected chi connectivity index (χ1v) is 8.66. The van der Waals surface area contributed by atoms with Crippen LogP contribution in [-0.2, 0) is 23.1 Å². The summed E-state index contributed by atoms with van der Waals surface area (Å²) in [7, 11) is -3.55. The first kappa shape index (κ1) is 15.1.